The van der Waals surface area contributed by atoms with Crippen LogP contribution in [0.1, 0.15) is 5.69 Å². The first kappa shape index (κ1) is 14.0. The molecule has 0 saturated heterocycles. The third-order valence-corrected chi connectivity index (χ3v) is 3.99. The largest absolute Gasteiger partial charge is 0.487 e. The number of benzene rings is 3. The number of aromatic nitrogens is 1. The Kier molecular flexibility index (Phi) is 3.60. The molecule has 111 valence electrons. The maximum Gasteiger partial charge on any atom is 0.130 e. The van der Waals surface area contributed by atoms with Crippen LogP contribution in [0.25, 0.3) is 21.7 Å². The summed E-state index contributed by atoms with van der Waals surface area (Å²) in [7, 11) is 0. The first-order valence-corrected chi connectivity index (χ1v) is 7.74. The van der Waals surface area contributed by atoms with Crippen molar-refractivity contribution in [1.82, 2.24) is 4.98 Å². The predicted molar refractivity (Wildman–Crippen MR) is 93.9 cm³/mol. The van der Waals surface area contributed by atoms with Crippen LogP contribution in [0.5, 0.6) is 5.75 Å². The van der Waals surface area contributed by atoms with E-state index in [0.717, 1.165) is 33.1 Å². The van der Waals surface area contributed by atoms with Crippen LogP contribution >= 0.6 is 11.6 Å². The zero-order valence-corrected chi connectivity index (χ0v) is 13.0. The van der Waals surface area contributed by atoms with Gasteiger partial charge in [-0.05, 0) is 53.2 Å². The number of pyridine rings is 1. The topological polar surface area (TPSA) is 22.1 Å². The zero-order valence-electron chi connectivity index (χ0n) is 12.3. The SMILES string of the molecule is Clc1ccc2ccc(COc3ccc4c[c]ccc4c3)nc2c1. The number of nitrogens with zero attached hydrogens (tertiary/aromatic N) is 1. The third kappa shape index (κ3) is 2.99. The van der Waals surface area contributed by atoms with E-state index >= 15 is 0 Å². The second-order valence-corrected chi connectivity index (χ2v) is 5.80. The Balaban J connectivity index is 1.57. The van der Waals surface area contributed by atoms with Gasteiger partial charge in [0, 0.05) is 10.4 Å². The molecule has 0 spiro atoms. The highest BCUT2D eigenvalue weighted by Crippen LogP contribution is 2.22. The van der Waals surface area contributed by atoms with Crippen molar-refractivity contribution in [2.75, 3.05) is 0 Å². The molecule has 0 fully saturated rings. The highest BCUT2D eigenvalue weighted by atomic mass is 35.5. The minimum Gasteiger partial charge on any atom is -0.487 e. The Morgan fingerprint density at radius 3 is 2.74 bits per heavy atom. The van der Waals surface area contributed by atoms with Gasteiger partial charge in [-0.25, -0.2) is 4.98 Å². The molecule has 0 amide bonds. The molecule has 0 aliphatic rings. The van der Waals surface area contributed by atoms with E-state index in [1.54, 1.807) is 0 Å². The summed E-state index contributed by atoms with van der Waals surface area (Å²) in [6.07, 6.45) is 0. The molecule has 23 heavy (non-hydrogen) atoms. The number of hydrogen-bond donors (Lipinski definition) is 0. The molecule has 0 bridgehead atoms. The fourth-order valence-electron chi connectivity index (χ4n) is 2.56. The number of fused-ring (bicyclic) bond motifs is 2. The van der Waals surface area contributed by atoms with Gasteiger partial charge in [-0.1, -0.05) is 41.9 Å². The highest BCUT2D eigenvalue weighted by Gasteiger charge is 2.02. The molecule has 1 aromatic heterocycles. The summed E-state index contributed by atoms with van der Waals surface area (Å²) in [5, 5.41) is 4.05. The second-order valence-electron chi connectivity index (χ2n) is 5.36. The molecule has 4 aromatic rings. The van der Waals surface area contributed by atoms with Crippen LogP contribution in [0.4, 0.5) is 0 Å². The van der Waals surface area contributed by atoms with Crippen molar-refractivity contribution in [2.24, 2.45) is 0 Å². The Labute approximate surface area is 139 Å². The standard InChI is InChI=1S/C20H13ClNO/c21-17-8-5-15-6-9-18(22-20(15)12-17)13-23-19-10-7-14-3-1-2-4-16(14)11-19/h2-12H,13H2. The van der Waals surface area contributed by atoms with Crippen molar-refractivity contribution in [1.29, 1.82) is 0 Å². The lowest BCUT2D eigenvalue weighted by Crippen LogP contribution is -1.98. The minimum absolute atomic E-state index is 0.424. The summed E-state index contributed by atoms with van der Waals surface area (Å²) in [5.74, 6) is 0.830. The molecule has 0 aliphatic carbocycles. The fourth-order valence-corrected chi connectivity index (χ4v) is 2.73. The molecule has 2 nitrogen and oxygen atoms in total. The number of hydrogen-bond acceptors (Lipinski definition) is 2. The van der Waals surface area contributed by atoms with Gasteiger partial charge in [-0.2, -0.15) is 0 Å². The van der Waals surface area contributed by atoms with Crippen molar-refractivity contribution >= 4 is 33.3 Å². The molecule has 0 unspecified atom stereocenters. The fraction of sp³-hybridized carbons (Fsp3) is 0.0500. The van der Waals surface area contributed by atoms with E-state index in [2.05, 4.69) is 11.1 Å². The molecule has 0 N–H and O–H groups in total. The van der Waals surface area contributed by atoms with Gasteiger partial charge in [-0.15, -0.1) is 0 Å². The Morgan fingerprint density at radius 2 is 1.78 bits per heavy atom. The van der Waals surface area contributed by atoms with Gasteiger partial charge in [-0.3, -0.25) is 0 Å². The van der Waals surface area contributed by atoms with E-state index in [1.165, 1.54) is 0 Å². The van der Waals surface area contributed by atoms with E-state index in [4.69, 9.17) is 16.3 Å². The molecule has 1 heterocycles. The summed E-state index contributed by atoms with van der Waals surface area (Å²) in [6.45, 7) is 0.424. The number of halogens is 1. The van der Waals surface area contributed by atoms with Crippen LogP contribution in [0, 0.1) is 6.07 Å². The van der Waals surface area contributed by atoms with Gasteiger partial charge in [0.25, 0.3) is 0 Å². The van der Waals surface area contributed by atoms with Crippen molar-refractivity contribution in [3.8, 4) is 5.75 Å². The zero-order chi connectivity index (χ0) is 15.6. The Morgan fingerprint density at radius 1 is 0.913 bits per heavy atom. The van der Waals surface area contributed by atoms with E-state index in [1.807, 2.05) is 66.7 Å². The first-order chi connectivity index (χ1) is 11.3. The maximum atomic E-state index is 6.03. The number of ether oxygens (including phenoxy) is 1. The molecule has 3 heteroatoms. The average molecular weight is 319 g/mol. The summed E-state index contributed by atoms with van der Waals surface area (Å²) in [5.41, 5.74) is 1.76. The van der Waals surface area contributed by atoms with Gasteiger partial charge in [0.1, 0.15) is 12.4 Å². The molecule has 3 aromatic carbocycles. The van der Waals surface area contributed by atoms with Crippen LogP contribution in [-0.4, -0.2) is 4.98 Å². The van der Waals surface area contributed by atoms with Crippen molar-refractivity contribution in [2.45, 2.75) is 6.61 Å². The van der Waals surface area contributed by atoms with Crippen LogP contribution in [0.2, 0.25) is 5.02 Å². The van der Waals surface area contributed by atoms with Gasteiger partial charge in [0.2, 0.25) is 0 Å². The van der Waals surface area contributed by atoms with Crippen LogP contribution < -0.4 is 4.74 Å². The van der Waals surface area contributed by atoms with Gasteiger partial charge < -0.3 is 4.74 Å². The van der Waals surface area contributed by atoms with Gasteiger partial charge in [0.05, 0.1) is 11.2 Å². The quantitative estimate of drug-likeness (QED) is 0.503. The lowest BCUT2D eigenvalue weighted by molar-refractivity contribution is 0.302. The summed E-state index contributed by atoms with van der Waals surface area (Å²) in [6, 6.07) is 24.7. The second kappa shape index (κ2) is 5.90. The van der Waals surface area contributed by atoms with Crippen molar-refractivity contribution < 1.29 is 4.74 Å². The van der Waals surface area contributed by atoms with Crippen molar-refractivity contribution in [3.63, 3.8) is 0 Å². The monoisotopic (exact) mass is 318 g/mol. The van der Waals surface area contributed by atoms with Crippen molar-refractivity contribution in [3.05, 3.63) is 83.5 Å². The molecule has 4 rings (SSSR count). The van der Waals surface area contributed by atoms with Crippen LogP contribution in [0.3, 0.4) is 0 Å². The average Bonchev–Trinajstić information content (AvgIpc) is 2.59. The number of rotatable bonds is 3. The molecular formula is C20H13ClNO. The van der Waals surface area contributed by atoms with E-state index < -0.39 is 0 Å². The molecule has 0 atom stereocenters. The lowest BCUT2D eigenvalue weighted by atomic mass is 10.1. The van der Waals surface area contributed by atoms with E-state index in [0.29, 0.717) is 11.6 Å². The molecular weight excluding hydrogens is 306 g/mol. The summed E-state index contributed by atoms with van der Waals surface area (Å²) in [4.78, 5) is 4.60. The minimum atomic E-state index is 0.424. The molecule has 1 radical (unpaired) electrons. The Hall–Kier alpha value is -2.58. The van der Waals surface area contributed by atoms with Gasteiger partial charge >= 0.3 is 0 Å². The van der Waals surface area contributed by atoms with E-state index in [-0.39, 0.29) is 0 Å². The Bertz CT molecular complexity index is 997. The maximum absolute atomic E-state index is 6.03. The highest BCUT2D eigenvalue weighted by molar-refractivity contribution is 6.31. The molecule has 0 saturated carbocycles. The normalized spacial score (nSPS) is 11.0. The van der Waals surface area contributed by atoms with E-state index in [9.17, 15) is 0 Å². The summed E-state index contributed by atoms with van der Waals surface area (Å²) >= 11 is 6.03. The van der Waals surface area contributed by atoms with Crippen LogP contribution in [-0.2, 0) is 6.61 Å². The van der Waals surface area contributed by atoms with Gasteiger partial charge in [0.15, 0.2) is 0 Å². The third-order valence-electron chi connectivity index (χ3n) is 3.75. The molecule has 0 aliphatic heterocycles. The predicted octanol–water partition coefficient (Wildman–Crippen LogP) is 5.42. The lowest BCUT2D eigenvalue weighted by Gasteiger charge is -2.08. The smallest absolute Gasteiger partial charge is 0.130 e. The first-order valence-electron chi connectivity index (χ1n) is 7.36. The van der Waals surface area contributed by atoms with Crippen LogP contribution in [0.15, 0.2) is 66.7 Å². The summed E-state index contributed by atoms with van der Waals surface area (Å²) < 4.78 is 5.87.